The number of carbonyl (C=O) groups excluding carboxylic acids is 1. The third-order valence-electron chi connectivity index (χ3n) is 1.54. The van der Waals surface area contributed by atoms with E-state index in [2.05, 4.69) is 13.2 Å². The third-order valence-corrected chi connectivity index (χ3v) is 1.54. The SMILES string of the molecule is C=CCOC(=O)C1=C(O)CC1.C=CCl. The number of aliphatic hydroxyl groups excluding tert-OH is 1. The van der Waals surface area contributed by atoms with Crippen molar-refractivity contribution in [3.05, 3.63) is 36.1 Å². The Balaban J connectivity index is 0.000000500. The summed E-state index contributed by atoms with van der Waals surface area (Å²) in [5.74, 6) is -0.257. The molecule has 3 nitrogen and oxygen atoms in total. The second kappa shape index (κ2) is 7.21. The van der Waals surface area contributed by atoms with E-state index in [4.69, 9.17) is 21.4 Å². The maximum atomic E-state index is 10.9. The predicted octanol–water partition coefficient (Wildman–Crippen LogP) is 2.69. The second-order valence-corrected chi connectivity index (χ2v) is 2.78. The molecule has 0 saturated heterocycles. The number of aliphatic hydroxyl groups is 1. The molecule has 0 fully saturated rings. The van der Waals surface area contributed by atoms with Crippen LogP contribution in [-0.2, 0) is 9.53 Å². The van der Waals surface area contributed by atoms with Gasteiger partial charge in [0, 0.05) is 6.42 Å². The molecule has 0 heterocycles. The Labute approximate surface area is 88.3 Å². The Hall–Kier alpha value is -1.22. The number of esters is 1. The normalized spacial score (nSPS) is 13.2. The molecule has 1 N–H and O–H groups in total. The zero-order chi connectivity index (χ0) is 11.0. The summed E-state index contributed by atoms with van der Waals surface area (Å²) in [6.07, 6.45) is 2.72. The summed E-state index contributed by atoms with van der Waals surface area (Å²) in [4.78, 5) is 10.9. The van der Waals surface area contributed by atoms with Crippen LogP contribution < -0.4 is 0 Å². The van der Waals surface area contributed by atoms with E-state index in [-0.39, 0.29) is 12.4 Å². The van der Waals surface area contributed by atoms with Gasteiger partial charge >= 0.3 is 5.97 Å². The molecule has 14 heavy (non-hydrogen) atoms. The third kappa shape index (κ3) is 4.14. The average Bonchev–Trinajstić information content (AvgIpc) is 2.13. The number of allylic oxidation sites excluding steroid dienone is 1. The summed E-state index contributed by atoms with van der Waals surface area (Å²) in [5, 5.41) is 8.93. The first-order valence-corrected chi connectivity index (χ1v) is 4.51. The number of ether oxygens (including phenoxy) is 1. The highest BCUT2D eigenvalue weighted by molar-refractivity contribution is 6.25. The molecule has 0 aliphatic heterocycles. The first-order valence-electron chi connectivity index (χ1n) is 4.07. The van der Waals surface area contributed by atoms with Gasteiger partial charge in [-0.2, -0.15) is 0 Å². The lowest BCUT2D eigenvalue weighted by atomic mass is 9.97. The lowest BCUT2D eigenvalue weighted by Gasteiger charge is -2.16. The Kier molecular flexibility index (Phi) is 6.58. The maximum absolute atomic E-state index is 10.9. The lowest BCUT2D eigenvalue weighted by Crippen LogP contribution is -2.16. The molecule has 78 valence electrons. The Morgan fingerprint density at radius 1 is 1.57 bits per heavy atom. The van der Waals surface area contributed by atoms with Gasteiger partial charge in [-0.05, 0) is 12.0 Å². The highest BCUT2D eigenvalue weighted by Crippen LogP contribution is 2.25. The van der Waals surface area contributed by atoms with Crippen LogP contribution in [-0.4, -0.2) is 17.7 Å². The van der Waals surface area contributed by atoms with E-state index in [1.165, 1.54) is 11.6 Å². The minimum absolute atomic E-state index is 0.166. The Morgan fingerprint density at radius 2 is 2.14 bits per heavy atom. The van der Waals surface area contributed by atoms with E-state index in [0.717, 1.165) is 0 Å². The molecule has 0 bridgehead atoms. The molecule has 1 rings (SSSR count). The van der Waals surface area contributed by atoms with E-state index >= 15 is 0 Å². The summed E-state index contributed by atoms with van der Waals surface area (Å²) in [6.45, 7) is 6.73. The first-order chi connectivity index (χ1) is 6.67. The van der Waals surface area contributed by atoms with E-state index in [9.17, 15) is 4.79 Å². The monoisotopic (exact) mass is 216 g/mol. The molecule has 0 aromatic carbocycles. The highest BCUT2D eigenvalue weighted by atomic mass is 35.5. The molecule has 0 radical (unpaired) electrons. The highest BCUT2D eigenvalue weighted by Gasteiger charge is 2.23. The minimum Gasteiger partial charge on any atom is -0.512 e. The smallest absolute Gasteiger partial charge is 0.337 e. The van der Waals surface area contributed by atoms with Gasteiger partial charge in [-0.3, -0.25) is 0 Å². The van der Waals surface area contributed by atoms with Crippen molar-refractivity contribution in [2.75, 3.05) is 6.61 Å². The van der Waals surface area contributed by atoms with Gasteiger partial charge in [-0.1, -0.05) is 30.8 Å². The zero-order valence-electron chi connectivity index (χ0n) is 7.83. The summed E-state index contributed by atoms with van der Waals surface area (Å²) < 4.78 is 4.69. The molecule has 0 aromatic rings. The van der Waals surface area contributed by atoms with Crippen molar-refractivity contribution in [1.82, 2.24) is 0 Å². The van der Waals surface area contributed by atoms with Crippen molar-refractivity contribution in [3.63, 3.8) is 0 Å². The van der Waals surface area contributed by atoms with Crippen LogP contribution in [0.25, 0.3) is 0 Å². The molecule has 0 amide bonds. The van der Waals surface area contributed by atoms with E-state index < -0.39 is 5.97 Å². The fourth-order valence-corrected chi connectivity index (χ4v) is 0.803. The summed E-state index contributed by atoms with van der Waals surface area (Å²) in [6, 6.07) is 0. The van der Waals surface area contributed by atoms with E-state index in [1.807, 2.05) is 0 Å². The van der Waals surface area contributed by atoms with Crippen molar-refractivity contribution in [2.45, 2.75) is 12.8 Å². The minimum atomic E-state index is -0.423. The maximum Gasteiger partial charge on any atom is 0.337 e. The quantitative estimate of drug-likeness (QED) is 0.583. The van der Waals surface area contributed by atoms with Gasteiger partial charge in [-0.15, -0.1) is 0 Å². The van der Waals surface area contributed by atoms with Crippen molar-refractivity contribution in [2.24, 2.45) is 0 Å². The lowest BCUT2D eigenvalue weighted by molar-refractivity contribution is -0.138. The Morgan fingerprint density at radius 3 is 2.43 bits per heavy atom. The molecule has 0 saturated carbocycles. The van der Waals surface area contributed by atoms with Crippen molar-refractivity contribution < 1.29 is 14.6 Å². The van der Waals surface area contributed by atoms with Crippen molar-refractivity contribution in [1.29, 1.82) is 0 Å². The molecule has 0 atom stereocenters. The van der Waals surface area contributed by atoms with Crippen LogP contribution in [0.5, 0.6) is 0 Å². The topological polar surface area (TPSA) is 46.5 Å². The van der Waals surface area contributed by atoms with Crippen LogP contribution in [0.1, 0.15) is 12.8 Å². The molecule has 0 aromatic heterocycles. The van der Waals surface area contributed by atoms with Crippen LogP contribution in [0, 0.1) is 0 Å². The summed E-state index contributed by atoms with van der Waals surface area (Å²) in [7, 11) is 0. The van der Waals surface area contributed by atoms with Gasteiger partial charge in [0.25, 0.3) is 0 Å². The molecule has 4 heteroatoms. The number of halogens is 1. The fraction of sp³-hybridized carbons (Fsp3) is 0.300. The van der Waals surface area contributed by atoms with Gasteiger partial charge in [-0.25, -0.2) is 4.79 Å². The van der Waals surface area contributed by atoms with Gasteiger partial charge < -0.3 is 9.84 Å². The van der Waals surface area contributed by atoms with Crippen LogP contribution in [0.4, 0.5) is 0 Å². The average molecular weight is 217 g/mol. The van der Waals surface area contributed by atoms with Crippen LogP contribution in [0.2, 0.25) is 0 Å². The molecular formula is C10H13ClO3. The number of carbonyl (C=O) groups is 1. The molecule has 0 unspecified atom stereocenters. The summed E-state index contributed by atoms with van der Waals surface area (Å²) in [5.41, 5.74) is 1.63. The van der Waals surface area contributed by atoms with E-state index in [0.29, 0.717) is 18.4 Å². The van der Waals surface area contributed by atoms with Gasteiger partial charge in [0.1, 0.15) is 12.4 Å². The number of hydrogen-bond donors (Lipinski definition) is 1. The molecule has 1 aliphatic rings. The first kappa shape index (κ1) is 12.8. The standard InChI is InChI=1S/C8H10O3.C2H3Cl/c1-2-5-11-8(10)6-3-4-7(6)9;1-2-3/h2,9H,1,3-5H2;2H,1H2. The Bertz CT molecular complexity index is 256. The second-order valence-electron chi connectivity index (χ2n) is 2.47. The van der Waals surface area contributed by atoms with Gasteiger partial charge in [0.05, 0.1) is 5.57 Å². The number of rotatable bonds is 3. The molecular weight excluding hydrogens is 204 g/mol. The summed E-state index contributed by atoms with van der Waals surface area (Å²) >= 11 is 4.76. The fourth-order valence-electron chi connectivity index (χ4n) is 0.803. The van der Waals surface area contributed by atoms with Crippen LogP contribution in [0.15, 0.2) is 36.1 Å². The molecule has 1 aliphatic carbocycles. The molecule has 0 spiro atoms. The zero-order valence-corrected chi connectivity index (χ0v) is 8.59. The van der Waals surface area contributed by atoms with Gasteiger partial charge in [0.2, 0.25) is 0 Å². The largest absolute Gasteiger partial charge is 0.512 e. The van der Waals surface area contributed by atoms with Crippen molar-refractivity contribution in [3.8, 4) is 0 Å². The van der Waals surface area contributed by atoms with Crippen LogP contribution >= 0.6 is 11.6 Å². The van der Waals surface area contributed by atoms with Crippen molar-refractivity contribution >= 4 is 17.6 Å². The van der Waals surface area contributed by atoms with Gasteiger partial charge in [0.15, 0.2) is 0 Å². The van der Waals surface area contributed by atoms with E-state index in [1.54, 1.807) is 0 Å². The predicted molar refractivity (Wildman–Crippen MR) is 56.1 cm³/mol. The van der Waals surface area contributed by atoms with Crippen LogP contribution in [0.3, 0.4) is 0 Å². The number of hydrogen-bond acceptors (Lipinski definition) is 3.